The summed E-state index contributed by atoms with van der Waals surface area (Å²) in [6.45, 7) is 7.72. The molecule has 1 heterocycles. The summed E-state index contributed by atoms with van der Waals surface area (Å²) in [5.74, 6) is 0. The van der Waals surface area contributed by atoms with Crippen LogP contribution in [0.2, 0.25) is 0 Å². The molecule has 3 N–H and O–H groups in total. The number of nitrogens with one attached hydrogen (secondary N) is 3. The lowest BCUT2D eigenvalue weighted by Gasteiger charge is -2.13. The second kappa shape index (κ2) is 8.41. The molecule has 0 saturated heterocycles. The zero-order chi connectivity index (χ0) is 15.0. The molecule has 0 atom stereocenters. The van der Waals surface area contributed by atoms with Crippen LogP contribution in [0.25, 0.3) is 0 Å². The molecule has 0 bridgehead atoms. The number of H-pyrrole nitrogens is 1. The van der Waals surface area contributed by atoms with Gasteiger partial charge in [-0.25, -0.2) is 13.1 Å². The summed E-state index contributed by atoms with van der Waals surface area (Å²) in [4.78, 5) is 5.34. The van der Waals surface area contributed by atoms with E-state index >= 15 is 0 Å². The summed E-state index contributed by atoms with van der Waals surface area (Å²) in [7, 11) is -1.45. The molecule has 0 fully saturated rings. The van der Waals surface area contributed by atoms with E-state index in [9.17, 15) is 8.42 Å². The first-order chi connectivity index (χ1) is 9.49. The van der Waals surface area contributed by atoms with Crippen molar-refractivity contribution in [2.45, 2.75) is 31.7 Å². The summed E-state index contributed by atoms with van der Waals surface area (Å²) < 4.78 is 26.8. The average molecular weight is 302 g/mol. The van der Waals surface area contributed by atoms with Crippen LogP contribution < -0.4 is 10.0 Å². The Morgan fingerprint density at radius 1 is 1.30 bits per heavy atom. The molecule has 7 heteroatoms. The third kappa shape index (κ3) is 5.62. The first-order valence-corrected chi connectivity index (χ1v) is 8.54. The van der Waals surface area contributed by atoms with Crippen LogP contribution in [-0.2, 0) is 16.6 Å². The van der Waals surface area contributed by atoms with Gasteiger partial charge in [0.05, 0.1) is 4.90 Å². The normalized spacial score (nSPS) is 12.2. The second-order valence-electron chi connectivity index (χ2n) is 4.83. The maximum Gasteiger partial charge on any atom is 0.242 e. The van der Waals surface area contributed by atoms with Gasteiger partial charge in [-0.05, 0) is 32.6 Å². The second-order valence-corrected chi connectivity index (χ2v) is 6.60. The highest BCUT2D eigenvalue weighted by Gasteiger charge is 2.15. The van der Waals surface area contributed by atoms with Crippen molar-refractivity contribution >= 4 is 10.0 Å². The average Bonchev–Trinajstić information content (AvgIpc) is 2.88. The van der Waals surface area contributed by atoms with Gasteiger partial charge >= 0.3 is 0 Å². The predicted molar refractivity (Wildman–Crippen MR) is 81.1 cm³/mol. The van der Waals surface area contributed by atoms with Crippen LogP contribution in [0.4, 0.5) is 0 Å². The first kappa shape index (κ1) is 17.2. The molecule has 0 aliphatic carbocycles. The molecule has 0 aliphatic heterocycles. The molecule has 0 spiro atoms. The van der Waals surface area contributed by atoms with Crippen LogP contribution in [-0.4, -0.2) is 51.5 Å². The van der Waals surface area contributed by atoms with E-state index in [4.69, 9.17) is 0 Å². The molecule has 1 rings (SSSR count). The Morgan fingerprint density at radius 2 is 2.05 bits per heavy atom. The summed E-state index contributed by atoms with van der Waals surface area (Å²) in [6, 6.07) is 1.68. The smallest absolute Gasteiger partial charge is 0.242 e. The van der Waals surface area contributed by atoms with E-state index in [0.717, 1.165) is 25.2 Å². The molecule has 20 heavy (non-hydrogen) atoms. The molecule has 0 radical (unpaired) electrons. The maximum absolute atomic E-state index is 12.1. The van der Waals surface area contributed by atoms with Crippen LogP contribution in [0.1, 0.15) is 26.0 Å². The summed E-state index contributed by atoms with van der Waals surface area (Å²) in [5.41, 5.74) is 0.879. The molecular weight excluding hydrogens is 276 g/mol. The zero-order valence-electron chi connectivity index (χ0n) is 12.6. The predicted octanol–water partition coefficient (Wildman–Crippen LogP) is 0.744. The van der Waals surface area contributed by atoms with Gasteiger partial charge in [-0.3, -0.25) is 0 Å². The van der Waals surface area contributed by atoms with Crippen LogP contribution >= 0.6 is 0 Å². The monoisotopic (exact) mass is 302 g/mol. The quantitative estimate of drug-likeness (QED) is 0.557. The molecule has 0 unspecified atom stereocenters. The van der Waals surface area contributed by atoms with E-state index in [1.807, 2.05) is 14.0 Å². The van der Waals surface area contributed by atoms with Gasteiger partial charge in [0.25, 0.3) is 0 Å². The molecule has 6 nitrogen and oxygen atoms in total. The van der Waals surface area contributed by atoms with Crippen molar-refractivity contribution < 1.29 is 8.42 Å². The molecule has 0 saturated carbocycles. The molecule has 1 aromatic heterocycles. The van der Waals surface area contributed by atoms with Crippen molar-refractivity contribution in [3.63, 3.8) is 0 Å². The van der Waals surface area contributed by atoms with Crippen LogP contribution in [0.5, 0.6) is 0 Å². The van der Waals surface area contributed by atoms with Gasteiger partial charge in [-0.1, -0.05) is 13.8 Å². The summed E-state index contributed by atoms with van der Waals surface area (Å²) in [6.07, 6.45) is 2.59. The fraction of sp³-hybridized carbons (Fsp3) is 0.692. The van der Waals surface area contributed by atoms with E-state index in [0.29, 0.717) is 24.5 Å². The number of aromatic nitrogens is 1. The number of rotatable bonds is 10. The minimum absolute atomic E-state index is 0.296. The van der Waals surface area contributed by atoms with Gasteiger partial charge in [-0.15, -0.1) is 0 Å². The third-order valence-corrected chi connectivity index (χ3v) is 4.53. The van der Waals surface area contributed by atoms with E-state index in [1.165, 1.54) is 6.20 Å². The van der Waals surface area contributed by atoms with E-state index < -0.39 is 10.0 Å². The van der Waals surface area contributed by atoms with Gasteiger partial charge < -0.3 is 15.2 Å². The fourth-order valence-corrected chi connectivity index (χ4v) is 2.73. The first-order valence-electron chi connectivity index (χ1n) is 7.05. The molecule has 0 amide bonds. The number of sulfonamides is 1. The molecule has 0 aromatic carbocycles. The van der Waals surface area contributed by atoms with Gasteiger partial charge in [0.15, 0.2) is 0 Å². The van der Waals surface area contributed by atoms with E-state index in [1.54, 1.807) is 6.07 Å². The van der Waals surface area contributed by atoms with E-state index in [2.05, 4.69) is 26.8 Å². The molecule has 116 valence electrons. The number of nitrogens with zero attached hydrogens (tertiary/aromatic N) is 1. The number of likely N-dealkylation sites (N-methyl/N-ethyl adjacent to an activating group) is 1. The molecule has 0 aliphatic rings. The standard InChI is InChI=1S/C13H26N4O2S/c1-4-6-14-10-12-9-13(11-15-12)20(18,19)16-7-8-17(3)5-2/h9,11,14-16H,4-8,10H2,1-3H3. The van der Waals surface area contributed by atoms with Crippen LogP contribution in [0.15, 0.2) is 17.2 Å². The van der Waals surface area contributed by atoms with Crippen molar-refractivity contribution in [1.29, 1.82) is 0 Å². The van der Waals surface area contributed by atoms with Gasteiger partial charge in [0, 0.05) is 31.5 Å². The lowest BCUT2D eigenvalue weighted by molar-refractivity contribution is 0.358. The number of hydrogen-bond acceptors (Lipinski definition) is 4. The Hall–Kier alpha value is -0.890. The van der Waals surface area contributed by atoms with Crippen LogP contribution in [0, 0.1) is 0 Å². The SMILES string of the molecule is CCCNCc1cc(S(=O)(=O)NCCN(C)CC)c[nH]1. The van der Waals surface area contributed by atoms with Gasteiger partial charge in [-0.2, -0.15) is 0 Å². The van der Waals surface area contributed by atoms with Crippen molar-refractivity contribution in [3.05, 3.63) is 18.0 Å². The Kier molecular flexibility index (Phi) is 7.22. The lowest BCUT2D eigenvalue weighted by atomic mass is 10.4. The Morgan fingerprint density at radius 3 is 2.70 bits per heavy atom. The minimum Gasteiger partial charge on any atom is -0.363 e. The Labute approximate surface area is 122 Å². The van der Waals surface area contributed by atoms with Gasteiger partial charge in [0.2, 0.25) is 10.0 Å². The highest BCUT2D eigenvalue weighted by molar-refractivity contribution is 7.89. The maximum atomic E-state index is 12.1. The van der Waals surface area contributed by atoms with Crippen molar-refractivity contribution in [3.8, 4) is 0 Å². The number of aromatic amines is 1. The highest BCUT2D eigenvalue weighted by Crippen LogP contribution is 2.10. The Balaban J connectivity index is 2.50. The fourth-order valence-electron chi connectivity index (χ4n) is 1.69. The van der Waals surface area contributed by atoms with Crippen molar-refractivity contribution in [2.75, 3.05) is 33.2 Å². The lowest BCUT2D eigenvalue weighted by Crippen LogP contribution is -2.32. The van der Waals surface area contributed by atoms with Gasteiger partial charge in [0.1, 0.15) is 0 Å². The molecular formula is C13H26N4O2S. The minimum atomic E-state index is -3.41. The molecule has 1 aromatic rings. The third-order valence-electron chi connectivity index (χ3n) is 3.09. The summed E-state index contributed by atoms with van der Waals surface area (Å²) in [5, 5.41) is 3.23. The summed E-state index contributed by atoms with van der Waals surface area (Å²) >= 11 is 0. The topological polar surface area (TPSA) is 77.2 Å². The van der Waals surface area contributed by atoms with Crippen molar-refractivity contribution in [1.82, 2.24) is 19.9 Å². The Bertz CT molecular complexity index is 484. The van der Waals surface area contributed by atoms with Crippen molar-refractivity contribution in [2.24, 2.45) is 0 Å². The van der Waals surface area contributed by atoms with Crippen LogP contribution in [0.3, 0.4) is 0 Å². The highest BCUT2D eigenvalue weighted by atomic mass is 32.2. The zero-order valence-corrected chi connectivity index (χ0v) is 13.4. The van der Waals surface area contributed by atoms with E-state index in [-0.39, 0.29) is 0 Å². The largest absolute Gasteiger partial charge is 0.363 e. The number of hydrogen-bond donors (Lipinski definition) is 3.